The molecule has 0 aromatic carbocycles. The zero-order valence-corrected chi connectivity index (χ0v) is 14.5. The highest BCUT2D eigenvalue weighted by Gasteiger charge is 2.23. The normalized spacial score (nSPS) is 14.1. The highest BCUT2D eigenvalue weighted by molar-refractivity contribution is 7.10. The van der Waals surface area contributed by atoms with Crippen molar-refractivity contribution in [2.24, 2.45) is 0 Å². The molecule has 1 aliphatic rings. The van der Waals surface area contributed by atoms with Crippen molar-refractivity contribution in [2.45, 2.75) is 13.0 Å². The minimum Gasteiger partial charge on any atom is -0.334 e. The highest BCUT2D eigenvalue weighted by atomic mass is 32.1. The molecular formula is C18H15N3OS2. The number of carbonyl (C=O) groups excluding carboxylic acids is 1. The van der Waals surface area contributed by atoms with Gasteiger partial charge in [0.15, 0.2) is 0 Å². The molecule has 1 amide bonds. The van der Waals surface area contributed by atoms with Gasteiger partial charge in [0.05, 0.1) is 11.4 Å². The molecule has 1 aliphatic heterocycles. The van der Waals surface area contributed by atoms with E-state index in [1.807, 2.05) is 33.9 Å². The maximum absolute atomic E-state index is 12.5. The Balaban J connectivity index is 1.58. The molecule has 0 aliphatic carbocycles. The number of fused-ring (bicyclic) bond motifs is 1. The van der Waals surface area contributed by atoms with Crippen LogP contribution in [-0.4, -0.2) is 27.3 Å². The van der Waals surface area contributed by atoms with Crippen LogP contribution in [0.1, 0.15) is 16.1 Å². The lowest BCUT2D eigenvalue weighted by Gasteiger charge is -2.28. The van der Waals surface area contributed by atoms with Crippen molar-refractivity contribution in [1.29, 1.82) is 0 Å². The lowest BCUT2D eigenvalue weighted by molar-refractivity contribution is -0.126. The third-order valence-corrected chi connectivity index (χ3v) is 5.56. The van der Waals surface area contributed by atoms with Crippen LogP contribution in [-0.2, 0) is 17.8 Å². The molecule has 0 unspecified atom stereocenters. The molecule has 3 aromatic heterocycles. The van der Waals surface area contributed by atoms with Crippen LogP contribution in [0.3, 0.4) is 0 Å². The van der Waals surface area contributed by atoms with Crippen LogP contribution in [0.5, 0.6) is 0 Å². The predicted octanol–water partition coefficient (Wildman–Crippen LogP) is 3.86. The number of thiophene rings is 2. The van der Waals surface area contributed by atoms with Crippen molar-refractivity contribution < 1.29 is 4.79 Å². The molecule has 6 heteroatoms. The van der Waals surface area contributed by atoms with E-state index in [0.29, 0.717) is 13.1 Å². The van der Waals surface area contributed by atoms with Gasteiger partial charge in [-0.2, -0.15) is 11.3 Å². The van der Waals surface area contributed by atoms with Crippen molar-refractivity contribution in [3.05, 3.63) is 62.9 Å². The standard InChI is InChI=1S/C18H15N3OS2/c22-17(4-3-14-2-1-8-24-14)21-7-5-16-15(10-21)18(20-12-19-16)13-6-9-23-11-13/h1-4,6,8-9,11-12H,5,7,10H2/b4-3+. The monoisotopic (exact) mass is 353 g/mol. The van der Waals surface area contributed by atoms with E-state index in [9.17, 15) is 4.79 Å². The van der Waals surface area contributed by atoms with Gasteiger partial charge in [0.2, 0.25) is 5.91 Å². The molecule has 4 rings (SSSR count). The van der Waals surface area contributed by atoms with Crippen molar-refractivity contribution in [3.8, 4) is 11.3 Å². The van der Waals surface area contributed by atoms with Gasteiger partial charge in [0.1, 0.15) is 6.33 Å². The molecule has 0 saturated carbocycles. The van der Waals surface area contributed by atoms with Gasteiger partial charge in [0, 0.05) is 47.0 Å². The first-order valence-corrected chi connectivity index (χ1v) is 9.49. The van der Waals surface area contributed by atoms with Crippen LogP contribution in [0.25, 0.3) is 17.3 Å². The van der Waals surface area contributed by atoms with E-state index in [4.69, 9.17) is 0 Å². The van der Waals surface area contributed by atoms with Crippen LogP contribution in [0.2, 0.25) is 0 Å². The molecule has 0 N–H and O–H groups in total. The Morgan fingerprint density at radius 2 is 2.21 bits per heavy atom. The summed E-state index contributed by atoms with van der Waals surface area (Å²) in [5, 5.41) is 6.13. The maximum Gasteiger partial charge on any atom is 0.246 e. The second-order valence-electron chi connectivity index (χ2n) is 5.52. The third-order valence-electron chi connectivity index (χ3n) is 4.04. The molecule has 0 fully saturated rings. The Bertz CT molecular complexity index is 870. The molecule has 4 nitrogen and oxygen atoms in total. The van der Waals surface area contributed by atoms with Gasteiger partial charge in [-0.1, -0.05) is 6.07 Å². The van der Waals surface area contributed by atoms with Crippen molar-refractivity contribution in [1.82, 2.24) is 14.9 Å². The first kappa shape index (κ1) is 15.2. The summed E-state index contributed by atoms with van der Waals surface area (Å²) in [6, 6.07) is 6.05. The zero-order valence-electron chi connectivity index (χ0n) is 12.9. The first-order chi connectivity index (χ1) is 11.8. The smallest absolute Gasteiger partial charge is 0.246 e. The average molecular weight is 353 g/mol. The summed E-state index contributed by atoms with van der Waals surface area (Å²) in [7, 11) is 0. The van der Waals surface area contributed by atoms with Crippen LogP contribution < -0.4 is 0 Å². The van der Waals surface area contributed by atoms with E-state index >= 15 is 0 Å². The zero-order chi connectivity index (χ0) is 16.4. The SMILES string of the molecule is O=C(/C=C/c1cccs1)N1CCc2ncnc(-c3ccsc3)c2C1. The average Bonchev–Trinajstić information content (AvgIpc) is 3.32. The summed E-state index contributed by atoms with van der Waals surface area (Å²) < 4.78 is 0. The molecule has 0 radical (unpaired) electrons. The van der Waals surface area contributed by atoms with E-state index < -0.39 is 0 Å². The first-order valence-electron chi connectivity index (χ1n) is 7.67. The van der Waals surface area contributed by atoms with E-state index in [1.54, 1.807) is 35.1 Å². The van der Waals surface area contributed by atoms with E-state index in [1.165, 1.54) is 0 Å². The Kier molecular flexibility index (Phi) is 4.23. The molecule has 3 aromatic rings. The number of aromatic nitrogens is 2. The summed E-state index contributed by atoms with van der Waals surface area (Å²) >= 11 is 3.27. The number of carbonyl (C=O) groups is 1. The van der Waals surface area contributed by atoms with Gasteiger partial charge < -0.3 is 4.90 Å². The Labute approximate surface area is 148 Å². The Morgan fingerprint density at radius 1 is 1.25 bits per heavy atom. The maximum atomic E-state index is 12.5. The molecule has 0 spiro atoms. The van der Waals surface area contributed by atoms with Crippen LogP contribution in [0.15, 0.2) is 46.7 Å². The molecular weight excluding hydrogens is 338 g/mol. The predicted molar refractivity (Wildman–Crippen MR) is 97.8 cm³/mol. The molecule has 0 bridgehead atoms. The molecule has 4 heterocycles. The quantitative estimate of drug-likeness (QED) is 0.672. The number of rotatable bonds is 3. The second-order valence-corrected chi connectivity index (χ2v) is 7.28. The fourth-order valence-corrected chi connectivity index (χ4v) is 4.08. The summed E-state index contributed by atoms with van der Waals surface area (Å²) in [6.07, 6.45) is 5.93. The topological polar surface area (TPSA) is 46.1 Å². The largest absolute Gasteiger partial charge is 0.334 e. The van der Waals surface area contributed by atoms with Crippen LogP contribution in [0.4, 0.5) is 0 Å². The van der Waals surface area contributed by atoms with E-state index in [0.717, 1.165) is 33.8 Å². The molecule has 0 atom stereocenters. The molecule has 24 heavy (non-hydrogen) atoms. The fraction of sp³-hybridized carbons (Fsp3) is 0.167. The van der Waals surface area contributed by atoms with Gasteiger partial charge in [-0.15, -0.1) is 11.3 Å². The summed E-state index contributed by atoms with van der Waals surface area (Å²) in [4.78, 5) is 24.3. The minimum absolute atomic E-state index is 0.0363. The highest BCUT2D eigenvalue weighted by Crippen LogP contribution is 2.28. The van der Waals surface area contributed by atoms with Crippen LogP contribution in [0, 0.1) is 0 Å². The summed E-state index contributed by atoms with van der Waals surface area (Å²) in [5.41, 5.74) is 4.17. The lowest BCUT2D eigenvalue weighted by Crippen LogP contribution is -2.35. The number of amides is 1. The molecule has 0 saturated heterocycles. The summed E-state index contributed by atoms with van der Waals surface area (Å²) in [6.45, 7) is 1.26. The van der Waals surface area contributed by atoms with Crippen LogP contribution >= 0.6 is 22.7 Å². The third kappa shape index (κ3) is 3.02. The number of nitrogens with zero attached hydrogens (tertiary/aromatic N) is 3. The van der Waals surface area contributed by atoms with Crippen molar-refractivity contribution in [2.75, 3.05) is 6.54 Å². The van der Waals surface area contributed by atoms with Gasteiger partial charge in [-0.05, 0) is 29.0 Å². The number of hydrogen-bond acceptors (Lipinski definition) is 5. The lowest BCUT2D eigenvalue weighted by atomic mass is 10.0. The van der Waals surface area contributed by atoms with Gasteiger partial charge in [0.25, 0.3) is 0 Å². The fourth-order valence-electron chi connectivity index (χ4n) is 2.82. The minimum atomic E-state index is 0.0363. The van der Waals surface area contributed by atoms with Crippen molar-refractivity contribution in [3.63, 3.8) is 0 Å². The number of hydrogen-bond donors (Lipinski definition) is 0. The van der Waals surface area contributed by atoms with Gasteiger partial charge >= 0.3 is 0 Å². The van der Waals surface area contributed by atoms with Gasteiger partial charge in [-0.3, -0.25) is 4.79 Å². The molecule has 120 valence electrons. The second kappa shape index (κ2) is 6.67. The Morgan fingerprint density at radius 3 is 3.00 bits per heavy atom. The van der Waals surface area contributed by atoms with Gasteiger partial charge in [-0.25, -0.2) is 9.97 Å². The van der Waals surface area contributed by atoms with E-state index in [-0.39, 0.29) is 5.91 Å². The van der Waals surface area contributed by atoms with Crippen molar-refractivity contribution >= 4 is 34.7 Å². The van der Waals surface area contributed by atoms with E-state index in [2.05, 4.69) is 21.4 Å². The summed E-state index contributed by atoms with van der Waals surface area (Å²) in [5.74, 6) is 0.0363. The Hall–Kier alpha value is -2.31.